The number of benzene rings is 2. The molecule has 6 heterocycles. The first-order valence-corrected chi connectivity index (χ1v) is 22.7. The van der Waals surface area contributed by atoms with Gasteiger partial charge in [0.15, 0.2) is 6.29 Å². The van der Waals surface area contributed by atoms with E-state index in [0.717, 1.165) is 72.7 Å². The van der Waals surface area contributed by atoms with Gasteiger partial charge in [-0.3, -0.25) is 19.7 Å². The van der Waals surface area contributed by atoms with Crippen LogP contribution < -0.4 is 14.8 Å². The zero-order chi connectivity index (χ0) is 45.3. The summed E-state index contributed by atoms with van der Waals surface area (Å²) in [6, 6.07) is 38.4. The molecule has 4 atom stereocenters. The summed E-state index contributed by atoms with van der Waals surface area (Å²) >= 11 is 0. The molecular weight excluding hydrogens is 821 g/mol. The summed E-state index contributed by atoms with van der Waals surface area (Å²) in [6.45, 7) is 9.37. The highest BCUT2D eigenvalue weighted by Gasteiger charge is 2.32. The molecule has 2 aliphatic rings. The van der Waals surface area contributed by atoms with Crippen LogP contribution in [0.5, 0.6) is 11.5 Å². The molecule has 66 heavy (non-hydrogen) atoms. The van der Waals surface area contributed by atoms with Gasteiger partial charge in [0.1, 0.15) is 28.5 Å². The van der Waals surface area contributed by atoms with Crippen LogP contribution in [0, 0.1) is 13.8 Å². The smallest absolute Gasteiger partial charge is 0.170 e. The van der Waals surface area contributed by atoms with E-state index in [9.17, 15) is 4.79 Å². The number of carbonyl (C=O) groups excluding carboxylic acids is 1. The Bertz CT molecular complexity index is 2820. The number of methoxy groups -OCH3 is 2. The highest BCUT2D eigenvalue weighted by molar-refractivity contribution is 5.73. The number of rotatable bonds is 11. The van der Waals surface area contributed by atoms with Crippen LogP contribution in [0.1, 0.15) is 132 Å². The summed E-state index contributed by atoms with van der Waals surface area (Å²) in [5.74, 6) is 1.78. The lowest BCUT2D eigenvalue weighted by Gasteiger charge is -2.38. The molecular formula is C55H64N8O3. The number of hydrogen-bond acceptors (Lipinski definition) is 9. The standard InChI is InChI=1S/C27H30N4O.C18H22N2O.C9H8N2O.CH4/c1-19-7-4-11-26-29-23(17-30(19)26)18-31(20(2)21-12-14-24(32-3)15-13-21)25-10-5-8-22-9-6-16-28-27(22)25;1-13(14-8-10-16(21-2)11-9-14)20-17-7-3-5-15-6-4-12-19-18(15)17;1-7-3-2-4-9-10-8(6-12)5-11(7)9;/h4,6-7,9,11-17,20,25H,5,8,10,18H2,1-3H3;4,6,8-13,17,20H,3,5,7H2,1-2H3;2-6H,1H3;1H4/t20-,25-;13-,17-;;/m00../s1. The minimum Gasteiger partial charge on any atom is -0.497 e. The molecule has 342 valence electrons. The van der Waals surface area contributed by atoms with Crippen LogP contribution in [-0.4, -0.2) is 54.1 Å². The molecule has 0 radical (unpaired) electrons. The first-order valence-electron chi connectivity index (χ1n) is 22.7. The highest BCUT2D eigenvalue weighted by Crippen LogP contribution is 2.39. The third kappa shape index (κ3) is 10.9. The Morgan fingerprint density at radius 1 is 0.697 bits per heavy atom. The molecule has 0 saturated carbocycles. The van der Waals surface area contributed by atoms with E-state index in [1.54, 1.807) is 20.4 Å². The Hall–Kier alpha value is -6.69. The van der Waals surface area contributed by atoms with Gasteiger partial charge >= 0.3 is 0 Å². The summed E-state index contributed by atoms with van der Waals surface area (Å²) in [5.41, 5.74) is 13.4. The van der Waals surface area contributed by atoms with Crippen LogP contribution in [0.25, 0.3) is 11.3 Å². The molecule has 0 fully saturated rings. The zero-order valence-corrected chi connectivity index (χ0v) is 38.4. The van der Waals surface area contributed by atoms with Crippen molar-refractivity contribution in [2.45, 2.75) is 104 Å². The zero-order valence-electron chi connectivity index (χ0n) is 38.4. The van der Waals surface area contributed by atoms with Crippen LogP contribution in [0.3, 0.4) is 0 Å². The van der Waals surface area contributed by atoms with Gasteiger partial charge in [-0.1, -0.05) is 56.0 Å². The number of pyridine rings is 4. The lowest BCUT2D eigenvalue weighted by Crippen LogP contribution is -2.34. The molecule has 0 aliphatic heterocycles. The fourth-order valence-corrected chi connectivity index (χ4v) is 9.25. The van der Waals surface area contributed by atoms with E-state index in [1.807, 2.05) is 72.2 Å². The van der Waals surface area contributed by atoms with Gasteiger partial charge in [0.25, 0.3) is 0 Å². The number of carbonyl (C=O) groups is 1. The van der Waals surface area contributed by atoms with Crippen LogP contribution >= 0.6 is 0 Å². The number of aromatic nitrogens is 6. The van der Waals surface area contributed by atoms with Crippen molar-refractivity contribution >= 4 is 17.6 Å². The van der Waals surface area contributed by atoms with Crippen LogP contribution in [0.4, 0.5) is 0 Å². The maximum Gasteiger partial charge on any atom is 0.170 e. The largest absolute Gasteiger partial charge is 0.497 e. The number of hydrogen-bond donors (Lipinski definition) is 1. The number of aldehydes is 1. The average molecular weight is 885 g/mol. The van der Waals surface area contributed by atoms with E-state index in [0.29, 0.717) is 17.8 Å². The molecule has 1 N–H and O–H groups in total. The first kappa shape index (κ1) is 47.3. The lowest BCUT2D eigenvalue weighted by molar-refractivity contribution is 0.111. The minimum atomic E-state index is 0. The Kier molecular flexibility index (Phi) is 15.8. The van der Waals surface area contributed by atoms with Crippen molar-refractivity contribution in [2.24, 2.45) is 0 Å². The molecule has 0 unspecified atom stereocenters. The van der Waals surface area contributed by atoms with E-state index >= 15 is 0 Å². The van der Waals surface area contributed by atoms with Crippen molar-refractivity contribution < 1.29 is 14.3 Å². The quantitative estimate of drug-likeness (QED) is 0.127. The summed E-state index contributed by atoms with van der Waals surface area (Å²) < 4.78 is 14.7. The van der Waals surface area contributed by atoms with E-state index in [2.05, 4.69) is 112 Å². The van der Waals surface area contributed by atoms with Crippen LogP contribution in [-0.2, 0) is 19.4 Å². The molecule has 8 aromatic rings. The molecule has 11 heteroatoms. The Balaban J connectivity index is 0.000000163. The number of nitrogens with zero attached hydrogens (tertiary/aromatic N) is 7. The van der Waals surface area contributed by atoms with E-state index < -0.39 is 0 Å². The fourth-order valence-electron chi connectivity index (χ4n) is 9.25. The molecule has 0 spiro atoms. The summed E-state index contributed by atoms with van der Waals surface area (Å²) in [5, 5.41) is 3.73. The average Bonchev–Trinajstić information content (AvgIpc) is 3.99. The number of ether oxygens (including phenoxy) is 2. The minimum absolute atomic E-state index is 0. The third-order valence-corrected chi connectivity index (χ3v) is 12.8. The molecule has 6 aromatic heterocycles. The van der Waals surface area contributed by atoms with Crippen molar-refractivity contribution in [1.82, 2.24) is 39.0 Å². The predicted octanol–water partition coefficient (Wildman–Crippen LogP) is 11.6. The van der Waals surface area contributed by atoms with Gasteiger partial charge in [0, 0.05) is 54.8 Å². The monoisotopic (exact) mass is 885 g/mol. The molecule has 0 saturated heterocycles. The molecule has 10 rings (SSSR count). The van der Waals surface area contributed by atoms with Gasteiger partial charge in [-0.2, -0.15) is 0 Å². The van der Waals surface area contributed by atoms with Crippen LogP contribution in [0.15, 0.2) is 134 Å². The van der Waals surface area contributed by atoms with E-state index in [-0.39, 0.29) is 19.5 Å². The van der Waals surface area contributed by atoms with Crippen molar-refractivity contribution in [2.75, 3.05) is 14.2 Å². The Morgan fingerprint density at radius 3 is 1.85 bits per heavy atom. The second-order valence-corrected chi connectivity index (χ2v) is 17.0. The van der Waals surface area contributed by atoms with E-state index in [4.69, 9.17) is 19.4 Å². The SMILES string of the molecule is C.COc1ccc([C@H](C)N(Cc2cn3c(C)cccc3n2)[C@H]2CCCc3cccnc32)cc1.COc1ccc([C@H](C)N[C@H]2CCCc3cccnc32)cc1.Cc1cccc2nc(C=O)cn12. The molecule has 2 aromatic carbocycles. The topological polar surface area (TPSA) is 111 Å². The van der Waals surface area contributed by atoms with Gasteiger partial charge in [-0.15, -0.1) is 0 Å². The second-order valence-electron chi connectivity index (χ2n) is 17.0. The number of aryl methyl sites for hydroxylation is 4. The van der Waals surface area contributed by atoms with Gasteiger partial charge in [0.05, 0.1) is 43.4 Å². The lowest BCUT2D eigenvalue weighted by atomic mass is 9.89. The van der Waals surface area contributed by atoms with Crippen molar-refractivity contribution in [3.05, 3.63) is 190 Å². The fraction of sp³-hybridized carbons (Fsp3) is 0.327. The summed E-state index contributed by atoms with van der Waals surface area (Å²) in [6.07, 6.45) is 15.4. The van der Waals surface area contributed by atoms with Crippen molar-refractivity contribution in [3.8, 4) is 11.5 Å². The highest BCUT2D eigenvalue weighted by atomic mass is 16.5. The summed E-state index contributed by atoms with van der Waals surface area (Å²) in [7, 11) is 3.40. The molecule has 2 aliphatic carbocycles. The maximum atomic E-state index is 10.4. The van der Waals surface area contributed by atoms with Gasteiger partial charge < -0.3 is 23.6 Å². The molecule has 0 amide bonds. The van der Waals surface area contributed by atoms with E-state index in [1.165, 1.54) is 52.2 Å². The van der Waals surface area contributed by atoms with Crippen molar-refractivity contribution in [3.63, 3.8) is 0 Å². The van der Waals surface area contributed by atoms with Gasteiger partial charge in [-0.05, 0) is 149 Å². The maximum absolute atomic E-state index is 10.4. The predicted molar refractivity (Wildman–Crippen MR) is 263 cm³/mol. The van der Waals surface area contributed by atoms with Crippen molar-refractivity contribution in [1.29, 1.82) is 0 Å². The van der Waals surface area contributed by atoms with Gasteiger partial charge in [0.2, 0.25) is 0 Å². The molecule has 11 nitrogen and oxygen atoms in total. The number of nitrogens with one attached hydrogen (secondary N) is 1. The molecule has 0 bridgehead atoms. The Labute approximate surface area is 389 Å². The summed E-state index contributed by atoms with van der Waals surface area (Å²) in [4.78, 5) is 31.4. The first-order chi connectivity index (χ1) is 31.7. The normalized spacial score (nSPS) is 16.0. The van der Waals surface area contributed by atoms with Gasteiger partial charge in [-0.25, -0.2) is 9.97 Å². The van der Waals surface area contributed by atoms with Crippen LogP contribution in [0.2, 0.25) is 0 Å². The Morgan fingerprint density at radius 2 is 1.26 bits per heavy atom. The number of fused-ring (bicyclic) bond motifs is 4. The third-order valence-electron chi connectivity index (χ3n) is 12.8. The number of imidazole rings is 2. The second kappa shape index (κ2) is 22.0.